The van der Waals surface area contributed by atoms with Gasteiger partial charge < -0.3 is 10.4 Å². The van der Waals surface area contributed by atoms with E-state index in [2.05, 4.69) is 10.4 Å². The number of amides is 1. The van der Waals surface area contributed by atoms with Crippen molar-refractivity contribution in [3.8, 4) is 0 Å². The first kappa shape index (κ1) is 13.5. The van der Waals surface area contributed by atoms with Gasteiger partial charge in [-0.25, -0.2) is 4.79 Å². The maximum absolute atomic E-state index is 12.0. The van der Waals surface area contributed by atoms with Crippen LogP contribution in [0.3, 0.4) is 0 Å². The second kappa shape index (κ2) is 5.83. The molecule has 0 fully saturated rings. The Labute approximate surface area is 115 Å². The fraction of sp³-hybridized carbons (Fsp3) is 0.0714. The standard InChI is InChI=1S/C14H13N3O3/c1-17-8-7-12(16-17)15-14(20)11-4-2-3-10(9-11)5-6-13(18)19/h2-9H,1H3,(H,18,19)(H,15,16,20). The Bertz CT molecular complexity index is 674. The zero-order chi connectivity index (χ0) is 14.5. The zero-order valence-corrected chi connectivity index (χ0v) is 10.8. The number of rotatable bonds is 4. The van der Waals surface area contributed by atoms with E-state index >= 15 is 0 Å². The lowest BCUT2D eigenvalue weighted by atomic mass is 10.1. The molecular formula is C14H13N3O3. The molecule has 2 N–H and O–H groups in total. The maximum atomic E-state index is 12.0. The highest BCUT2D eigenvalue weighted by Gasteiger charge is 2.07. The van der Waals surface area contributed by atoms with Gasteiger partial charge in [0.1, 0.15) is 0 Å². The van der Waals surface area contributed by atoms with Crippen LogP contribution < -0.4 is 5.32 Å². The molecule has 0 aliphatic rings. The molecule has 0 saturated carbocycles. The second-order valence-corrected chi connectivity index (χ2v) is 4.13. The molecule has 1 heterocycles. The average Bonchev–Trinajstić information content (AvgIpc) is 2.82. The highest BCUT2D eigenvalue weighted by atomic mass is 16.4. The van der Waals surface area contributed by atoms with Crippen molar-refractivity contribution < 1.29 is 14.7 Å². The van der Waals surface area contributed by atoms with Crippen molar-refractivity contribution in [2.24, 2.45) is 7.05 Å². The topological polar surface area (TPSA) is 84.2 Å². The summed E-state index contributed by atoms with van der Waals surface area (Å²) >= 11 is 0. The van der Waals surface area contributed by atoms with Gasteiger partial charge in [0, 0.05) is 31.0 Å². The minimum atomic E-state index is -1.03. The van der Waals surface area contributed by atoms with Crippen LogP contribution in [-0.4, -0.2) is 26.8 Å². The van der Waals surface area contributed by atoms with Gasteiger partial charge >= 0.3 is 5.97 Å². The summed E-state index contributed by atoms with van der Waals surface area (Å²) < 4.78 is 1.58. The quantitative estimate of drug-likeness (QED) is 0.830. The van der Waals surface area contributed by atoms with Gasteiger partial charge in [-0.1, -0.05) is 12.1 Å². The van der Waals surface area contributed by atoms with E-state index < -0.39 is 5.97 Å². The lowest BCUT2D eigenvalue weighted by Gasteiger charge is -2.03. The first-order valence-corrected chi connectivity index (χ1v) is 5.86. The second-order valence-electron chi connectivity index (χ2n) is 4.13. The van der Waals surface area contributed by atoms with Gasteiger partial charge in [-0.2, -0.15) is 5.10 Å². The minimum Gasteiger partial charge on any atom is -0.478 e. The summed E-state index contributed by atoms with van der Waals surface area (Å²) in [6.45, 7) is 0. The Morgan fingerprint density at radius 3 is 2.80 bits per heavy atom. The van der Waals surface area contributed by atoms with Crippen LogP contribution >= 0.6 is 0 Å². The third-order valence-electron chi connectivity index (χ3n) is 2.52. The van der Waals surface area contributed by atoms with E-state index in [1.54, 1.807) is 48.3 Å². The number of carboxylic acid groups (broad SMARTS) is 1. The lowest BCUT2D eigenvalue weighted by Crippen LogP contribution is -2.12. The lowest BCUT2D eigenvalue weighted by molar-refractivity contribution is -0.131. The molecule has 1 aromatic carbocycles. The Balaban J connectivity index is 2.14. The molecule has 0 aliphatic carbocycles. The first-order valence-electron chi connectivity index (χ1n) is 5.86. The van der Waals surface area contributed by atoms with Crippen LogP contribution in [0.15, 0.2) is 42.6 Å². The van der Waals surface area contributed by atoms with Crippen molar-refractivity contribution in [3.63, 3.8) is 0 Å². The van der Waals surface area contributed by atoms with Crippen LogP contribution in [0.2, 0.25) is 0 Å². The number of anilines is 1. The predicted octanol–water partition coefficient (Wildman–Crippen LogP) is 1.77. The summed E-state index contributed by atoms with van der Waals surface area (Å²) in [7, 11) is 1.76. The highest BCUT2D eigenvalue weighted by molar-refractivity contribution is 6.04. The van der Waals surface area contributed by atoms with Gasteiger partial charge in [0.15, 0.2) is 5.82 Å². The largest absolute Gasteiger partial charge is 0.478 e. The number of carbonyl (C=O) groups excluding carboxylic acids is 1. The van der Waals surface area contributed by atoms with Crippen molar-refractivity contribution in [1.82, 2.24) is 9.78 Å². The van der Waals surface area contributed by atoms with Crippen LogP contribution in [0.4, 0.5) is 5.82 Å². The molecule has 2 rings (SSSR count). The Morgan fingerprint density at radius 2 is 2.15 bits per heavy atom. The summed E-state index contributed by atoms with van der Waals surface area (Å²) in [5, 5.41) is 15.3. The van der Waals surface area contributed by atoms with Crippen molar-refractivity contribution in [1.29, 1.82) is 0 Å². The number of aryl methyl sites for hydroxylation is 1. The molecule has 20 heavy (non-hydrogen) atoms. The Kier molecular flexibility index (Phi) is 3.95. The van der Waals surface area contributed by atoms with Gasteiger partial charge in [-0.15, -0.1) is 0 Å². The molecule has 1 amide bonds. The smallest absolute Gasteiger partial charge is 0.328 e. The number of aliphatic carboxylic acids is 1. The van der Waals surface area contributed by atoms with Crippen LogP contribution in [0.5, 0.6) is 0 Å². The highest BCUT2D eigenvalue weighted by Crippen LogP contribution is 2.10. The third-order valence-corrected chi connectivity index (χ3v) is 2.52. The number of nitrogens with zero attached hydrogens (tertiary/aromatic N) is 2. The van der Waals surface area contributed by atoms with Crippen LogP contribution in [0.1, 0.15) is 15.9 Å². The van der Waals surface area contributed by atoms with E-state index in [-0.39, 0.29) is 5.91 Å². The molecule has 1 aromatic heterocycles. The average molecular weight is 271 g/mol. The predicted molar refractivity (Wildman–Crippen MR) is 74.3 cm³/mol. The number of benzene rings is 1. The number of aromatic nitrogens is 2. The summed E-state index contributed by atoms with van der Waals surface area (Å²) in [6, 6.07) is 8.35. The van der Waals surface area contributed by atoms with Gasteiger partial charge in [0.25, 0.3) is 5.91 Å². The maximum Gasteiger partial charge on any atom is 0.328 e. The summed E-state index contributed by atoms with van der Waals surface area (Å²) in [5.41, 5.74) is 1.07. The fourth-order valence-corrected chi connectivity index (χ4v) is 1.62. The van der Waals surface area contributed by atoms with E-state index in [0.29, 0.717) is 16.9 Å². The van der Waals surface area contributed by atoms with Crippen LogP contribution in [0.25, 0.3) is 6.08 Å². The van der Waals surface area contributed by atoms with Gasteiger partial charge in [-0.3, -0.25) is 9.48 Å². The molecule has 2 aromatic rings. The molecule has 0 aliphatic heterocycles. The molecule has 0 spiro atoms. The number of nitrogens with one attached hydrogen (secondary N) is 1. The van der Waals surface area contributed by atoms with Crippen molar-refractivity contribution in [2.75, 3.05) is 5.32 Å². The van der Waals surface area contributed by atoms with E-state index in [1.807, 2.05) is 0 Å². The van der Waals surface area contributed by atoms with Gasteiger partial charge in [-0.05, 0) is 23.8 Å². The molecule has 0 radical (unpaired) electrons. The fourth-order valence-electron chi connectivity index (χ4n) is 1.62. The number of carbonyl (C=O) groups is 2. The summed E-state index contributed by atoms with van der Waals surface area (Å²) in [5.74, 6) is -0.869. The third kappa shape index (κ3) is 3.55. The molecule has 102 valence electrons. The molecule has 6 nitrogen and oxygen atoms in total. The first-order chi connectivity index (χ1) is 9.54. The van der Waals surface area contributed by atoms with Crippen molar-refractivity contribution in [2.45, 2.75) is 0 Å². The molecule has 0 saturated heterocycles. The van der Waals surface area contributed by atoms with E-state index in [9.17, 15) is 9.59 Å². The Hall–Kier alpha value is -2.89. The summed E-state index contributed by atoms with van der Waals surface area (Å²) in [6.07, 6.45) is 4.18. The van der Waals surface area contributed by atoms with Crippen molar-refractivity contribution >= 4 is 23.8 Å². The minimum absolute atomic E-state index is 0.297. The molecule has 6 heteroatoms. The Morgan fingerprint density at radius 1 is 1.35 bits per heavy atom. The molecule has 0 unspecified atom stereocenters. The molecule has 0 bridgehead atoms. The van der Waals surface area contributed by atoms with Gasteiger partial charge in [0.2, 0.25) is 0 Å². The van der Waals surface area contributed by atoms with Crippen LogP contribution in [-0.2, 0) is 11.8 Å². The zero-order valence-electron chi connectivity index (χ0n) is 10.8. The van der Waals surface area contributed by atoms with Crippen LogP contribution in [0, 0.1) is 0 Å². The van der Waals surface area contributed by atoms with E-state index in [1.165, 1.54) is 6.08 Å². The van der Waals surface area contributed by atoms with E-state index in [4.69, 9.17) is 5.11 Å². The van der Waals surface area contributed by atoms with E-state index in [0.717, 1.165) is 6.08 Å². The SMILES string of the molecule is Cn1ccc(NC(=O)c2cccc(C=CC(=O)O)c2)n1. The summed E-state index contributed by atoms with van der Waals surface area (Å²) in [4.78, 5) is 22.5. The normalized spacial score (nSPS) is 10.7. The molecule has 0 atom stereocenters. The monoisotopic (exact) mass is 271 g/mol. The number of hydrogen-bond donors (Lipinski definition) is 2. The van der Waals surface area contributed by atoms with Crippen molar-refractivity contribution in [3.05, 3.63) is 53.7 Å². The molecular weight excluding hydrogens is 258 g/mol. The number of hydrogen-bond acceptors (Lipinski definition) is 3. The van der Waals surface area contributed by atoms with Gasteiger partial charge in [0.05, 0.1) is 0 Å². The number of carboxylic acids is 1.